The average molecular weight is 298 g/mol. The number of rotatable bonds is 2. The molecule has 0 saturated carbocycles. The zero-order valence-electron chi connectivity index (χ0n) is 10.7. The quantitative estimate of drug-likeness (QED) is 0.746. The number of hydrogen-bond acceptors (Lipinski definition) is 4. The Morgan fingerprint density at radius 3 is 2.80 bits per heavy atom. The number of sulfonamides is 1. The van der Waals surface area contributed by atoms with Crippen LogP contribution in [0.15, 0.2) is 23.1 Å². The van der Waals surface area contributed by atoms with Gasteiger partial charge in [0.1, 0.15) is 5.82 Å². The van der Waals surface area contributed by atoms with Gasteiger partial charge in [0.15, 0.2) is 0 Å². The Morgan fingerprint density at radius 2 is 2.25 bits per heavy atom. The predicted molar refractivity (Wildman–Crippen MR) is 71.7 cm³/mol. The number of β-amino-alcohol motifs (C(OH)–C–C–N with tert-alkyl or cyclic N) is 1. The highest BCUT2D eigenvalue weighted by molar-refractivity contribution is 7.89. The van der Waals surface area contributed by atoms with E-state index in [9.17, 15) is 17.9 Å². The minimum Gasteiger partial charge on any atom is -0.392 e. The molecule has 1 atom stereocenters. The Morgan fingerprint density at radius 1 is 1.50 bits per heavy atom. The molecule has 20 heavy (non-hydrogen) atoms. The topological polar surface area (TPSA) is 83.6 Å². The van der Waals surface area contributed by atoms with Gasteiger partial charge in [-0.3, -0.25) is 0 Å². The number of aliphatic hydroxyl groups excluding tert-OH is 1. The molecule has 0 bridgehead atoms. The third-order valence-electron chi connectivity index (χ3n) is 3.03. The Labute approximate surface area is 117 Å². The Bertz CT molecular complexity index is 664. The number of benzene rings is 1. The Hall–Kier alpha value is -1.46. The molecule has 1 fully saturated rings. The Balaban J connectivity index is 2.31. The molecule has 1 aliphatic heterocycles. The van der Waals surface area contributed by atoms with Crippen LogP contribution in [0.25, 0.3) is 0 Å². The predicted octanol–water partition coefficient (Wildman–Crippen LogP) is -0.109. The molecule has 1 unspecified atom stereocenters. The fourth-order valence-electron chi connectivity index (χ4n) is 1.98. The lowest BCUT2D eigenvalue weighted by Gasteiger charge is -2.15. The van der Waals surface area contributed by atoms with Gasteiger partial charge in [-0.1, -0.05) is 11.8 Å². The number of nitrogens with two attached hydrogens (primary N) is 1. The molecule has 1 aliphatic rings. The Kier molecular flexibility index (Phi) is 4.40. The molecule has 108 valence electrons. The first-order chi connectivity index (χ1) is 9.45. The number of aliphatic hydroxyl groups is 1. The van der Waals surface area contributed by atoms with Crippen LogP contribution in [0.5, 0.6) is 0 Å². The molecule has 1 aromatic carbocycles. The molecule has 3 N–H and O–H groups in total. The van der Waals surface area contributed by atoms with E-state index in [4.69, 9.17) is 5.73 Å². The molecule has 7 heteroatoms. The van der Waals surface area contributed by atoms with Gasteiger partial charge in [-0.15, -0.1) is 0 Å². The number of nitrogens with zero attached hydrogens (tertiary/aromatic N) is 1. The fraction of sp³-hybridized carbons (Fsp3) is 0.385. The molecular weight excluding hydrogens is 283 g/mol. The van der Waals surface area contributed by atoms with E-state index in [0.717, 1.165) is 10.4 Å². The van der Waals surface area contributed by atoms with E-state index in [1.54, 1.807) is 0 Å². The van der Waals surface area contributed by atoms with E-state index >= 15 is 0 Å². The maximum atomic E-state index is 13.8. The van der Waals surface area contributed by atoms with Crippen molar-refractivity contribution in [2.45, 2.75) is 17.4 Å². The van der Waals surface area contributed by atoms with E-state index in [-0.39, 0.29) is 30.1 Å². The van der Waals surface area contributed by atoms with Crippen LogP contribution in [-0.4, -0.2) is 43.6 Å². The maximum Gasteiger partial charge on any atom is 0.243 e. The molecular formula is C13H15FN2O3S. The summed E-state index contributed by atoms with van der Waals surface area (Å²) < 4.78 is 39.4. The van der Waals surface area contributed by atoms with E-state index < -0.39 is 21.9 Å². The standard InChI is InChI=1S/C13H15FN2O3S/c14-13-8-12(4-3-10(13)2-1-6-15)20(18,19)16-7-5-11(17)9-16/h3-4,8,11,17H,5-7,9,15H2. The lowest BCUT2D eigenvalue weighted by Crippen LogP contribution is -2.29. The second-order valence-electron chi connectivity index (χ2n) is 4.45. The molecule has 0 amide bonds. The summed E-state index contributed by atoms with van der Waals surface area (Å²) in [5.74, 6) is 4.34. The van der Waals surface area contributed by atoms with Crippen LogP contribution in [0, 0.1) is 17.7 Å². The van der Waals surface area contributed by atoms with Gasteiger partial charge in [0, 0.05) is 13.1 Å². The van der Waals surface area contributed by atoms with Crippen molar-refractivity contribution in [2.75, 3.05) is 19.6 Å². The number of halogens is 1. The summed E-state index contributed by atoms with van der Waals surface area (Å²) in [6.45, 7) is 0.379. The molecule has 1 saturated heterocycles. The SMILES string of the molecule is NCC#Cc1ccc(S(=O)(=O)N2CCC(O)C2)cc1F. The molecule has 1 aromatic rings. The monoisotopic (exact) mass is 298 g/mol. The number of hydrogen-bond donors (Lipinski definition) is 2. The molecule has 2 rings (SSSR count). The van der Waals surface area contributed by atoms with Crippen molar-refractivity contribution in [2.24, 2.45) is 5.73 Å². The van der Waals surface area contributed by atoms with Crippen molar-refractivity contribution in [1.82, 2.24) is 4.31 Å². The van der Waals surface area contributed by atoms with Crippen LogP contribution >= 0.6 is 0 Å². The van der Waals surface area contributed by atoms with Crippen molar-refractivity contribution in [1.29, 1.82) is 0 Å². The van der Waals surface area contributed by atoms with Crippen molar-refractivity contribution in [3.05, 3.63) is 29.6 Å². The van der Waals surface area contributed by atoms with Crippen molar-refractivity contribution < 1.29 is 17.9 Å². The van der Waals surface area contributed by atoms with E-state index in [1.807, 2.05) is 0 Å². The second kappa shape index (κ2) is 5.89. The van der Waals surface area contributed by atoms with Crippen LogP contribution in [0.1, 0.15) is 12.0 Å². The van der Waals surface area contributed by atoms with E-state index in [1.165, 1.54) is 12.1 Å². The first-order valence-electron chi connectivity index (χ1n) is 6.12. The van der Waals surface area contributed by atoms with Crippen LogP contribution in [-0.2, 0) is 10.0 Å². The van der Waals surface area contributed by atoms with Crippen molar-refractivity contribution in [3.63, 3.8) is 0 Å². The third-order valence-corrected chi connectivity index (χ3v) is 4.89. The summed E-state index contributed by atoms with van der Waals surface area (Å²) in [6, 6.07) is 3.57. The normalized spacial score (nSPS) is 19.6. The van der Waals surface area contributed by atoms with Crippen LogP contribution in [0.4, 0.5) is 4.39 Å². The second-order valence-corrected chi connectivity index (χ2v) is 6.39. The first kappa shape index (κ1) is 14.9. The highest BCUT2D eigenvalue weighted by atomic mass is 32.2. The minimum atomic E-state index is -3.77. The summed E-state index contributed by atoms with van der Waals surface area (Å²) in [5.41, 5.74) is 5.31. The van der Waals surface area contributed by atoms with Gasteiger partial charge >= 0.3 is 0 Å². The van der Waals surface area contributed by atoms with Gasteiger partial charge in [0.05, 0.1) is 23.1 Å². The molecule has 0 aromatic heterocycles. The molecule has 5 nitrogen and oxygen atoms in total. The fourth-order valence-corrected chi connectivity index (χ4v) is 3.49. The summed E-state index contributed by atoms with van der Waals surface area (Å²) in [7, 11) is -3.77. The largest absolute Gasteiger partial charge is 0.392 e. The maximum absolute atomic E-state index is 13.8. The van der Waals surface area contributed by atoms with Crippen molar-refractivity contribution >= 4 is 10.0 Å². The van der Waals surface area contributed by atoms with Crippen LogP contribution in [0.2, 0.25) is 0 Å². The molecule has 0 radical (unpaired) electrons. The first-order valence-corrected chi connectivity index (χ1v) is 7.56. The van der Waals surface area contributed by atoms with Gasteiger partial charge in [0.2, 0.25) is 10.0 Å². The third kappa shape index (κ3) is 2.99. The van der Waals surface area contributed by atoms with Gasteiger partial charge in [-0.05, 0) is 24.6 Å². The zero-order chi connectivity index (χ0) is 14.8. The van der Waals surface area contributed by atoms with Crippen LogP contribution in [0.3, 0.4) is 0 Å². The lowest BCUT2D eigenvalue weighted by molar-refractivity contribution is 0.189. The van der Waals surface area contributed by atoms with Crippen molar-refractivity contribution in [3.8, 4) is 11.8 Å². The van der Waals surface area contributed by atoms with E-state index in [0.29, 0.717) is 6.42 Å². The highest BCUT2D eigenvalue weighted by Crippen LogP contribution is 2.22. The average Bonchev–Trinajstić information content (AvgIpc) is 2.84. The van der Waals surface area contributed by atoms with Gasteiger partial charge in [0.25, 0.3) is 0 Å². The summed E-state index contributed by atoms with van der Waals surface area (Å²) in [6.07, 6.45) is -0.272. The molecule has 1 heterocycles. The lowest BCUT2D eigenvalue weighted by atomic mass is 10.2. The summed E-state index contributed by atoms with van der Waals surface area (Å²) >= 11 is 0. The van der Waals surface area contributed by atoms with Gasteiger partial charge in [-0.2, -0.15) is 4.31 Å². The zero-order valence-corrected chi connectivity index (χ0v) is 11.5. The minimum absolute atomic E-state index is 0.0404. The molecule has 0 aliphatic carbocycles. The molecule has 0 spiro atoms. The van der Waals surface area contributed by atoms with Gasteiger partial charge in [-0.25, -0.2) is 12.8 Å². The smallest absolute Gasteiger partial charge is 0.243 e. The highest BCUT2D eigenvalue weighted by Gasteiger charge is 2.31. The van der Waals surface area contributed by atoms with E-state index in [2.05, 4.69) is 11.8 Å². The summed E-state index contributed by atoms with van der Waals surface area (Å²) in [4.78, 5) is -0.137. The van der Waals surface area contributed by atoms with Gasteiger partial charge < -0.3 is 10.8 Å². The summed E-state index contributed by atoms with van der Waals surface area (Å²) in [5, 5.41) is 9.40. The van der Waals surface area contributed by atoms with Crippen LogP contribution < -0.4 is 5.73 Å².